The molecule has 6 nitrogen and oxygen atoms in total. The number of hydrogen-bond acceptors (Lipinski definition) is 5. The Hall–Kier alpha value is -3.48. The van der Waals surface area contributed by atoms with E-state index in [9.17, 15) is 9.18 Å². The first-order valence-corrected chi connectivity index (χ1v) is 8.53. The lowest BCUT2D eigenvalue weighted by atomic mass is 10.1. The molecule has 1 aliphatic heterocycles. The van der Waals surface area contributed by atoms with Gasteiger partial charge in [-0.1, -0.05) is 12.1 Å². The summed E-state index contributed by atoms with van der Waals surface area (Å²) in [6.07, 6.45) is 4.77. The van der Waals surface area contributed by atoms with Crippen LogP contribution in [-0.4, -0.2) is 33.9 Å². The number of hydrogen-bond donors (Lipinski definition) is 1. The summed E-state index contributed by atoms with van der Waals surface area (Å²) in [5.74, 6) is 0.521. The number of nitrogens with zero attached hydrogens (tertiary/aromatic N) is 3. The highest BCUT2D eigenvalue weighted by Crippen LogP contribution is 2.26. The molecule has 27 heavy (non-hydrogen) atoms. The quantitative estimate of drug-likeness (QED) is 0.772. The molecule has 0 saturated carbocycles. The van der Waals surface area contributed by atoms with Gasteiger partial charge in [-0.2, -0.15) is 0 Å². The van der Waals surface area contributed by atoms with Crippen molar-refractivity contribution >= 4 is 17.4 Å². The van der Waals surface area contributed by atoms with E-state index in [0.29, 0.717) is 35.8 Å². The van der Waals surface area contributed by atoms with Gasteiger partial charge in [0.05, 0.1) is 19.3 Å². The van der Waals surface area contributed by atoms with Crippen molar-refractivity contribution in [1.29, 1.82) is 0 Å². The predicted molar refractivity (Wildman–Crippen MR) is 98.4 cm³/mol. The fraction of sp³-hybridized carbons (Fsp3) is 0.150. The normalized spacial score (nSPS) is 13.3. The van der Waals surface area contributed by atoms with Crippen molar-refractivity contribution in [3.05, 3.63) is 78.0 Å². The lowest BCUT2D eigenvalue weighted by molar-refractivity contribution is 0.0732. The van der Waals surface area contributed by atoms with Gasteiger partial charge in [0, 0.05) is 29.2 Å². The third-order valence-corrected chi connectivity index (χ3v) is 4.28. The van der Waals surface area contributed by atoms with Crippen LogP contribution in [0.4, 0.5) is 15.9 Å². The van der Waals surface area contributed by atoms with Gasteiger partial charge in [-0.25, -0.2) is 9.37 Å². The molecule has 1 aromatic heterocycles. The van der Waals surface area contributed by atoms with Crippen molar-refractivity contribution in [3.63, 3.8) is 0 Å². The lowest BCUT2D eigenvalue weighted by Gasteiger charge is -2.20. The van der Waals surface area contributed by atoms with Gasteiger partial charge in [-0.3, -0.25) is 9.78 Å². The van der Waals surface area contributed by atoms with Gasteiger partial charge in [-0.15, -0.1) is 0 Å². The van der Waals surface area contributed by atoms with Gasteiger partial charge >= 0.3 is 0 Å². The van der Waals surface area contributed by atoms with Crippen LogP contribution in [0.1, 0.15) is 15.9 Å². The number of nitrogens with one attached hydrogen (secondary N) is 1. The molecule has 4 rings (SSSR count). The van der Waals surface area contributed by atoms with Crippen molar-refractivity contribution in [2.75, 3.05) is 18.5 Å². The van der Waals surface area contributed by atoms with Crippen molar-refractivity contribution < 1.29 is 13.9 Å². The highest BCUT2D eigenvalue weighted by molar-refractivity contribution is 5.95. The van der Waals surface area contributed by atoms with E-state index in [1.54, 1.807) is 53.8 Å². The minimum absolute atomic E-state index is 0.169. The summed E-state index contributed by atoms with van der Waals surface area (Å²) >= 11 is 0. The second-order valence-corrected chi connectivity index (χ2v) is 6.09. The molecule has 7 heteroatoms. The summed E-state index contributed by atoms with van der Waals surface area (Å²) < 4.78 is 19.7. The molecule has 1 amide bonds. The number of rotatable bonds is 3. The smallest absolute Gasteiger partial charge is 0.254 e. The molecule has 0 radical (unpaired) electrons. The van der Waals surface area contributed by atoms with Gasteiger partial charge < -0.3 is 15.0 Å². The highest BCUT2D eigenvalue weighted by Gasteiger charge is 2.23. The van der Waals surface area contributed by atoms with Crippen LogP contribution in [0, 0.1) is 5.82 Å². The Balaban J connectivity index is 1.56. The van der Waals surface area contributed by atoms with E-state index < -0.39 is 0 Å². The lowest BCUT2D eigenvalue weighted by Crippen LogP contribution is -2.32. The van der Waals surface area contributed by atoms with Crippen molar-refractivity contribution in [2.45, 2.75) is 6.54 Å². The molecule has 3 aromatic rings. The van der Waals surface area contributed by atoms with Crippen LogP contribution < -0.4 is 10.1 Å². The summed E-state index contributed by atoms with van der Waals surface area (Å²) in [5, 5.41) is 3.11. The van der Waals surface area contributed by atoms with E-state index in [2.05, 4.69) is 15.3 Å². The molecule has 0 spiro atoms. The zero-order valence-electron chi connectivity index (χ0n) is 14.4. The Bertz CT molecular complexity index is 965. The summed E-state index contributed by atoms with van der Waals surface area (Å²) in [5.41, 5.74) is 1.62. The van der Waals surface area contributed by atoms with Gasteiger partial charge in [0.2, 0.25) is 0 Å². The number of anilines is 2. The monoisotopic (exact) mass is 364 g/mol. The summed E-state index contributed by atoms with van der Waals surface area (Å²) in [6, 6.07) is 11.8. The Morgan fingerprint density at radius 3 is 2.93 bits per heavy atom. The molecule has 0 fully saturated rings. The molecule has 0 aliphatic carbocycles. The third-order valence-electron chi connectivity index (χ3n) is 4.28. The van der Waals surface area contributed by atoms with Crippen LogP contribution in [-0.2, 0) is 6.54 Å². The first-order chi connectivity index (χ1) is 13.2. The van der Waals surface area contributed by atoms with Crippen molar-refractivity contribution in [1.82, 2.24) is 14.9 Å². The predicted octanol–water partition coefficient (Wildman–Crippen LogP) is 3.39. The second kappa shape index (κ2) is 7.41. The van der Waals surface area contributed by atoms with Crippen LogP contribution >= 0.6 is 0 Å². The molecule has 1 N–H and O–H groups in total. The second-order valence-electron chi connectivity index (χ2n) is 6.09. The average molecular weight is 364 g/mol. The Labute approximate surface area is 155 Å². The minimum atomic E-state index is -0.370. The van der Waals surface area contributed by atoms with Crippen LogP contribution in [0.15, 0.2) is 61.1 Å². The maximum Gasteiger partial charge on any atom is 0.254 e. The van der Waals surface area contributed by atoms with Crippen LogP contribution in [0.3, 0.4) is 0 Å². The Kier molecular flexibility index (Phi) is 4.65. The average Bonchev–Trinajstić information content (AvgIpc) is 2.92. The van der Waals surface area contributed by atoms with E-state index in [0.717, 1.165) is 5.69 Å². The maximum atomic E-state index is 14.2. The molecular formula is C20H17FN4O2. The largest absolute Gasteiger partial charge is 0.491 e. The van der Waals surface area contributed by atoms with Gasteiger partial charge in [0.25, 0.3) is 5.91 Å². The number of ether oxygens (including phenoxy) is 1. The van der Waals surface area contributed by atoms with Crippen LogP contribution in [0.25, 0.3) is 0 Å². The standard InChI is InChI=1S/C20H17FN4O2/c21-17-5-2-6-18-16(17)13-25(9-10-27-18)20(26)14-3-1-4-15(11-14)24-19-12-22-7-8-23-19/h1-8,11-12H,9-10,13H2,(H,23,24). The van der Waals surface area contributed by atoms with Crippen molar-refractivity contribution in [3.8, 4) is 5.75 Å². The highest BCUT2D eigenvalue weighted by atomic mass is 19.1. The maximum absolute atomic E-state index is 14.2. The summed E-state index contributed by atoms with van der Waals surface area (Å²) in [4.78, 5) is 22.7. The van der Waals surface area contributed by atoms with E-state index in [1.807, 2.05) is 6.07 Å². The SMILES string of the molecule is O=C(c1cccc(Nc2cnccn2)c1)N1CCOc2cccc(F)c2C1. The van der Waals surface area contributed by atoms with Gasteiger partial charge in [-0.05, 0) is 30.3 Å². The molecule has 0 saturated heterocycles. The van der Waals surface area contributed by atoms with Gasteiger partial charge in [0.15, 0.2) is 0 Å². The minimum Gasteiger partial charge on any atom is -0.491 e. The number of carbonyl (C=O) groups is 1. The molecule has 0 atom stereocenters. The summed E-state index contributed by atoms with van der Waals surface area (Å²) in [6.45, 7) is 0.872. The molecule has 2 heterocycles. The molecule has 0 unspecified atom stereocenters. The summed E-state index contributed by atoms with van der Waals surface area (Å²) in [7, 11) is 0. The van der Waals surface area contributed by atoms with Crippen molar-refractivity contribution in [2.24, 2.45) is 0 Å². The van der Waals surface area contributed by atoms with Gasteiger partial charge in [0.1, 0.15) is 24.0 Å². The molecule has 0 bridgehead atoms. The molecule has 1 aliphatic rings. The first-order valence-electron chi connectivity index (χ1n) is 8.53. The zero-order chi connectivity index (χ0) is 18.6. The molecular weight excluding hydrogens is 347 g/mol. The Morgan fingerprint density at radius 2 is 2.07 bits per heavy atom. The third kappa shape index (κ3) is 3.72. The fourth-order valence-corrected chi connectivity index (χ4v) is 2.96. The zero-order valence-corrected chi connectivity index (χ0v) is 14.4. The number of amides is 1. The molecule has 2 aromatic carbocycles. The Morgan fingerprint density at radius 1 is 1.19 bits per heavy atom. The number of carbonyl (C=O) groups excluding carboxylic acids is 1. The van der Waals surface area contributed by atoms with E-state index in [-0.39, 0.29) is 18.3 Å². The first kappa shape index (κ1) is 17.0. The number of aromatic nitrogens is 2. The van der Waals surface area contributed by atoms with E-state index in [1.165, 1.54) is 6.07 Å². The molecule has 136 valence electrons. The number of halogens is 1. The van der Waals surface area contributed by atoms with Crippen LogP contribution in [0.5, 0.6) is 5.75 Å². The van der Waals surface area contributed by atoms with Crippen LogP contribution in [0.2, 0.25) is 0 Å². The fourth-order valence-electron chi connectivity index (χ4n) is 2.96. The number of fused-ring (bicyclic) bond motifs is 1. The van der Waals surface area contributed by atoms with E-state index >= 15 is 0 Å². The topological polar surface area (TPSA) is 67.4 Å². The number of benzene rings is 2. The van der Waals surface area contributed by atoms with E-state index in [4.69, 9.17) is 4.74 Å².